The fraction of sp³-hybridized carbons (Fsp3) is 0.214. The minimum Gasteiger partial charge on any atom is -0.385 e. The molecule has 3 rings (SSSR count). The number of imidazole rings is 2. The number of nitrogens with one attached hydrogen (secondary N) is 2. The zero-order valence-corrected chi connectivity index (χ0v) is 11.7. The van der Waals surface area contributed by atoms with Crippen LogP contribution in [0.5, 0.6) is 0 Å². The quantitative estimate of drug-likeness (QED) is 0.681. The third kappa shape index (κ3) is 2.50. The van der Waals surface area contributed by atoms with Gasteiger partial charge in [0.15, 0.2) is 0 Å². The summed E-state index contributed by atoms with van der Waals surface area (Å²) >= 11 is 0. The van der Waals surface area contributed by atoms with Gasteiger partial charge in [-0.2, -0.15) is 0 Å². The van der Waals surface area contributed by atoms with E-state index < -0.39 is 6.10 Å². The largest absolute Gasteiger partial charge is 0.385 e. The monoisotopic (exact) mass is 285 g/mol. The maximum absolute atomic E-state index is 12.1. The molecule has 108 valence electrons. The number of nitrogens with zero attached hydrogens (tertiary/aromatic N) is 3. The van der Waals surface area contributed by atoms with Crippen molar-refractivity contribution in [3.05, 3.63) is 42.2 Å². The molecule has 0 aliphatic carbocycles. The summed E-state index contributed by atoms with van der Waals surface area (Å²) in [7, 11) is 1.76. The number of fused-ring (bicyclic) bond motifs is 1. The topological polar surface area (TPSA) is 95.8 Å². The molecule has 1 aromatic carbocycles. The summed E-state index contributed by atoms with van der Waals surface area (Å²) in [6.07, 6.45) is 2.42. The normalized spacial score (nSPS) is 12.5. The summed E-state index contributed by atoms with van der Waals surface area (Å²) in [5.74, 6) is 0.268. The number of carbonyl (C=O) groups is 1. The van der Waals surface area contributed by atoms with Gasteiger partial charge >= 0.3 is 0 Å². The van der Waals surface area contributed by atoms with Crippen LogP contribution in [0.15, 0.2) is 30.7 Å². The van der Waals surface area contributed by atoms with Crippen LogP contribution in [-0.4, -0.2) is 30.5 Å². The number of amides is 1. The Morgan fingerprint density at radius 2 is 2.29 bits per heavy atom. The van der Waals surface area contributed by atoms with Gasteiger partial charge in [0, 0.05) is 12.7 Å². The molecular formula is C14H15N5O2. The Labute approximate surface area is 120 Å². The summed E-state index contributed by atoms with van der Waals surface area (Å²) < 4.78 is 1.65. The minimum absolute atomic E-state index is 0.232. The van der Waals surface area contributed by atoms with Crippen LogP contribution in [0.3, 0.4) is 0 Å². The Morgan fingerprint density at radius 1 is 1.48 bits per heavy atom. The van der Waals surface area contributed by atoms with E-state index in [1.807, 2.05) is 0 Å². The maximum atomic E-state index is 12.1. The number of anilines is 1. The van der Waals surface area contributed by atoms with Crippen molar-refractivity contribution in [1.82, 2.24) is 19.5 Å². The number of aliphatic hydroxyl groups is 1. The third-order valence-electron chi connectivity index (χ3n) is 3.20. The highest BCUT2D eigenvalue weighted by Crippen LogP contribution is 2.20. The summed E-state index contributed by atoms with van der Waals surface area (Å²) in [4.78, 5) is 23.3. The standard InChI is InChI=1S/C14H15N5O2/c1-8(20)13-17-10-4-3-9(5-11(10)18-13)16-14(21)12-6-15-7-19(12)2/h3-8,20H,1-2H3,(H,16,21)(H,17,18)/t8-/m0/s1. The Hall–Kier alpha value is -2.67. The van der Waals surface area contributed by atoms with E-state index in [2.05, 4.69) is 20.3 Å². The van der Waals surface area contributed by atoms with Gasteiger partial charge in [-0.05, 0) is 25.1 Å². The highest BCUT2D eigenvalue weighted by Gasteiger charge is 2.12. The Bertz CT molecular complexity index is 803. The molecule has 7 nitrogen and oxygen atoms in total. The van der Waals surface area contributed by atoms with E-state index in [4.69, 9.17) is 0 Å². The lowest BCUT2D eigenvalue weighted by atomic mass is 10.2. The number of hydrogen-bond donors (Lipinski definition) is 3. The van der Waals surface area contributed by atoms with Crippen molar-refractivity contribution in [1.29, 1.82) is 0 Å². The number of benzene rings is 1. The summed E-state index contributed by atoms with van der Waals surface area (Å²) in [6.45, 7) is 1.64. The van der Waals surface area contributed by atoms with E-state index in [-0.39, 0.29) is 5.91 Å². The lowest BCUT2D eigenvalue weighted by Crippen LogP contribution is -2.15. The molecule has 2 heterocycles. The van der Waals surface area contributed by atoms with Gasteiger partial charge in [-0.1, -0.05) is 0 Å². The average molecular weight is 285 g/mol. The fourth-order valence-electron chi connectivity index (χ4n) is 2.08. The molecule has 0 saturated carbocycles. The Balaban J connectivity index is 1.87. The highest BCUT2D eigenvalue weighted by molar-refractivity contribution is 6.03. The first kappa shape index (κ1) is 13.3. The second-order valence-corrected chi connectivity index (χ2v) is 4.87. The van der Waals surface area contributed by atoms with Crippen molar-refractivity contribution in [3.8, 4) is 0 Å². The van der Waals surface area contributed by atoms with Gasteiger partial charge in [0.1, 0.15) is 17.6 Å². The highest BCUT2D eigenvalue weighted by atomic mass is 16.3. The van der Waals surface area contributed by atoms with Gasteiger partial charge in [0.25, 0.3) is 5.91 Å². The number of aliphatic hydroxyl groups excluding tert-OH is 1. The van der Waals surface area contributed by atoms with Crippen LogP contribution >= 0.6 is 0 Å². The third-order valence-corrected chi connectivity index (χ3v) is 3.20. The fourth-order valence-corrected chi connectivity index (χ4v) is 2.08. The predicted molar refractivity (Wildman–Crippen MR) is 77.9 cm³/mol. The van der Waals surface area contributed by atoms with Crippen molar-refractivity contribution in [2.24, 2.45) is 7.05 Å². The Kier molecular flexibility index (Phi) is 3.19. The molecule has 1 amide bonds. The van der Waals surface area contributed by atoms with Crippen molar-refractivity contribution in [2.75, 3.05) is 5.32 Å². The van der Waals surface area contributed by atoms with E-state index in [9.17, 15) is 9.90 Å². The van der Waals surface area contributed by atoms with Crippen LogP contribution in [0.25, 0.3) is 11.0 Å². The molecule has 21 heavy (non-hydrogen) atoms. The molecule has 7 heteroatoms. The lowest BCUT2D eigenvalue weighted by Gasteiger charge is -2.05. The summed E-state index contributed by atoms with van der Waals surface area (Å²) in [6, 6.07) is 5.34. The zero-order chi connectivity index (χ0) is 15.0. The van der Waals surface area contributed by atoms with Gasteiger partial charge in [-0.3, -0.25) is 4.79 Å². The predicted octanol–water partition coefficient (Wildman–Crippen LogP) is 1.60. The van der Waals surface area contributed by atoms with Gasteiger partial charge < -0.3 is 20.0 Å². The molecule has 3 aromatic rings. The van der Waals surface area contributed by atoms with Crippen LogP contribution in [0.4, 0.5) is 5.69 Å². The molecule has 1 atom stereocenters. The molecule has 0 unspecified atom stereocenters. The van der Waals surface area contributed by atoms with Crippen LogP contribution in [-0.2, 0) is 7.05 Å². The van der Waals surface area contributed by atoms with Gasteiger partial charge in [0.2, 0.25) is 0 Å². The minimum atomic E-state index is -0.662. The lowest BCUT2D eigenvalue weighted by molar-refractivity contribution is 0.101. The summed E-state index contributed by atoms with van der Waals surface area (Å²) in [5.41, 5.74) is 2.62. The average Bonchev–Trinajstić information content (AvgIpc) is 3.04. The van der Waals surface area contributed by atoms with Crippen molar-refractivity contribution < 1.29 is 9.90 Å². The molecular weight excluding hydrogens is 270 g/mol. The number of aryl methyl sites for hydroxylation is 1. The summed E-state index contributed by atoms with van der Waals surface area (Å²) in [5, 5.41) is 12.3. The second kappa shape index (κ2) is 5.02. The number of aromatic amines is 1. The number of hydrogen-bond acceptors (Lipinski definition) is 4. The van der Waals surface area contributed by atoms with Crippen LogP contribution in [0, 0.1) is 0 Å². The van der Waals surface area contributed by atoms with Crippen molar-refractivity contribution >= 4 is 22.6 Å². The Morgan fingerprint density at radius 3 is 2.95 bits per heavy atom. The van der Waals surface area contributed by atoms with Crippen LogP contribution < -0.4 is 5.32 Å². The molecule has 0 saturated heterocycles. The number of carbonyl (C=O) groups excluding carboxylic acids is 1. The molecule has 2 aromatic heterocycles. The van der Waals surface area contributed by atoms with E-state index in [1.165, 1.54) is 6.20 Å². The van der Waals surface area contributed by atoms with E-state index >= 15 is 0 Å². The molecule has 0 aliphatic heterocycles. The molecule has 3 N–H and O–H groups in total. The smallest absolute Gasteiger partial charge is 0.273 e. The number of H-pyrrole nitrogens is 1. The van der Waals surface area contributed by atoms with E-state index in [1.54, 1.807) is 43.1 Å². The number of aromatic nitrogens is 4. The van der Waals surface area contributed by atoms with Crippen LogP contribution in [0.1, 0.15) is 29.3 Å². The number of rotatable bonds is 3. The molecule has 0 radical (unpaired) electrons. The van der Waals surface area contributed by atoms with Crippen molar-refractivity contribution in [2.45, 2.75) is 13.0 Å². The molecule has 0 spiro atoms. The van der Waals surface area contributed by atoms with Gasteiger partial charge in [0.05, 0.1) is 23.6 Å². The van der Waals surface area contributed by atoms with Gasteiger partial charge in [-0.15, -0.1) is 0 Å². The first-order chi connectivity index (χ1) is 10.0. The zero-order valence-electron chi connectivity index (χ0n) is 11.7. The molecule has 0 bridgehead atoms. The molecule has 0 fully saturated rings. The van der Waals surface area contributed by atoms with Crippen LogP contribution in [0.2, 0.25) is 0 Å². The molecule has 0 aliphatic rings. The first-order valence-electron chi connectivity index (χ1n) is 6.50. The van der Waals surface area contributed by atoms with E-state index in [0.717, 1.165) is 11.0 Å². The van der Waals surface area contributed by atoms with E-state index in [0.29, 0.717) is 17.2 Å². The van der Waals surface area contributed by atoms with Crippen molar-refractivity contribution in [3.63, 3.8) is 0 Å². The second-order valence-electron chi connectivity index (χ2n) is 4.87. The first-order valence-corrected chi connectivity index (χ1v) is 6.50. The maximum Gasteiger partial charge on any atom is 0.273 e. The SMILES string of the molecule is C[C@H](O)c1nc2ccc(NC(=O)c3cncn3C)cc2[nH]1. The van der Waals surface area contributed by atoms with Gasteiger partial charge in [-0.25, -0.2) is 9.97 Å².